The van der Waals surface area contributed by atoms with E-state index in [4.69, 9.17) is 0 Å². The highest BCUT2D eigenvalue weighted by atomic mass is 19.1. The molecule has 0 spiro atoms. The molecule has 0 atom stereocenters. The van der Waals surface area contributed by atoms with Crippen molar-refractivity contribution >= 4 is 11.5 Å². The highest BCUT2D eigenvalue weighted by Gasteiger charge is 2.14. The maximum atomic E-state index is 15.2. The Labute approximate surface area is 188 Å². The molecule has 5 aromatic rings. The van der Waals surface area contributed by atoms with Gasteiger partial charge in [0.05, 0.1) is 23.1 Å². The molecule has 160 valence electrons. The van der Waals surface area contributed by atoms with Gasteiger partial charge in [-0.2, -0.15) is 10.4 Å². The molecule has 0 aliphatic heterocycles. The van der Waals surface area contributed by atoms with Crippen LogP contribution in [0.1, 0.15) is 16.8 Å². The summed E-state index contributed by atoms with van der Waals surface area (Å²) in [5, 5.41) is 16.7. The summed E-state index contributed by atoms with van der Waals surface area (Å²) in [6.07, 6.45) is 8.23. The Bertz CT molecular complexity index is 1520. The number of halogens is 1. The third kappa shape index (κ3) is 3.97. The number of anilines is 1. The van der Waals surface area contributed by atoms with Crippen molar-refractivity contribution < 1.29 is 4.39 Å². The molecule has 8 nitrogen and oxygen atoms in total. The van der Waals surface area contributed by atoms with Crippen molar-refractivity contribution in [1.29, 1.82) is 5.26 Å². The lowest BCUT2D eigenvalue weighted by Crippen LogP contribution is -2.06. The molecule has 1 N–H and O–H groups in total. The van der Waals surface area contributed by atoms with Crippen LogP contribution in [-0.2, 0) is 6.54 Å². The Hall–Kier alpha value is -4.71. The Kier molecular flexibility index (Phi) is 5.16. The van der Waals surface area contributed by atoms with E-state index in [2.05, 4.69) is 36.4 Å². The zero-order chi connectivity index (χ0) is 22.8. The van der Waals surface area contributed by atoms with Crippen LogP contribution < -0.4 is 5.32 Å². The number of hydrogen-bond acceptors (Lipinski definition) is 7. The van der Waals surface area contributed by atoms with Crippen molar-refractivity contribution in [3.05, 3.63) is 90.0 Å². The summed E-state index contributed by atoms with van der Waals surface area (Å²) in [5.74, 6) is -0.416. The molecule has 0 aliphatic carbocycles. The maximum Gasteiger partial charge on any atom is 0.174 e. The average molecular weight is 436 g/mol. The van der Waals surface area contributed by atoms with Crippen LogP contribution in [-0.4, -0.2) is 29.5 Å². The van der Waals surface area contributed by atoms with E-state index in [1.807, 2.05) is 19.1 Å². The van der Waals surface area contributed by atoms with Gasteiger partial charge in [-0.3, -0.25) is 9.97 Å². The van der Waals surface area contributed by atoms with Gasteiger partial charge in [-0.25, -0.2) is 18.9 Å². The van der Waals surface area contributed by atoms with Crippen LogP contribution in [0.25, 0.3) is 28.2 Å². The zero-order valence-corrected chi connectivity index (χ0v) is 17.6. The molecule has 0 amide bonds. The van der Waals surface area contributed by atoms with Gasteiger partial charge in [0.1, 0.15) is 6.07 Å². The number of rotatable bonds is 5. The fraction of sp³-hybridized carbons (Fsp3) is 0.0833. The molecule has 0 unspecified atom stereocenters. The topological polar surface area (TPSA) is 105 Å². The van der Waals surface area contributed by atoms with Gasteiger partial charge in [0.2, 0.25) is 0 Å². The largest absolute Gasteiger partial charge is 0.363 e. The number of aromatic nitrogens is 6. The van der Waals surface area contributed by atoms with Gasteiger partial charge >= 0.3 is 0 Å². The third-order valence-electron chi connectivity index (χ3n) is 5.12. The van der Waals surface area contributed by atoms with E-state index in [0.29, 0.717) is 28.2 Å². The van der Waals surface area contributed by atoms with Crippen LogP contribution >= 0.6 is 0 Å². The third-order valence-corrected chi connectivity index (χ3v) is 5.12. The SMILES string of the molecule is Cc1cc(-c2ncc(CNc3nccc(-c4ccn5nccc5n4)c3F)cc2C#N)ccn1. The zero-order valence-electron chi connectivity index (χ0n) is 17.6. The Morgan fingerprint density at radius 3 is 2.79 bits per heavy atom. The standard InChI is InChI=1S/C24H17FN8/c1-15-10-17(2-6-27-15)23-18(12-26)11-16(13-29-23)14-30-24-22(25)19(3-7-28-24)20-5-9-33-21(32-20)4-8-31-33/h2-11,13H,14H2,1H3,(H,28,30). The smallest absolute Gasteiger partial charge is 0.174 e. The van der Waals surface area contributed by atoms with Crippen molar-refractivity contribution in [3.63, 3.8) is 0 Å². The highest BCUT2D eigenvalue weighted by Crippen LogP contribution is 2.26. The molecular weight excluding hydrogens is 419 g/mol. The number of pyridine rings is 3. The molecule has 5 heterocycles. The van der Waals surface area contributed by atoms with Crippen LogP contribution in [0.2, 0.25) is 0 Å². The summed E-state index contributed by atoms with van der Waals surface area (Å²) >= 11 is 0. The average Bonchev–Trinajstić information content (AvgIpc) is 3.31. The summed E-state index contributed by atoms with van der Waals surface area (Å²) in [4.78, 5) is 17.2. The number of nitrogens with zero attached hydrogens (tertiary/aromatic N) is 7. The van der Waals surface area contributed by atoms with Crippen molar-refractivity contribution in [2.75, 3.05) is 5.32 Å². The molecule has 0 fully saturated rings. The minimum atomic E-state index is -0.508. The monoisotopic (exact) mass is 436 g/mol. The minimum Gasteiger partial charge on any atom is -0.363 e. The fourth-order valence-electron chi connectivity index (χ4n) is 3.53. The lowest BCUT2D eigenvalue weighted by atomic mass is 10.1. The first kappa shape index (κ1) is 20.2. The molecule has 5 aromatic heterocycles. The first-order valence-electron chi connectivity index (χ1n) is 10.1. The molecule has 0 radical (unpaired) electrons. The van der Waals surface area contributed by atoms with Gasteiger partial charge in [-0.05, 0) is 42.8 Å². The first-order chi connectivity index (χ1) is 16.1. The summed E-state index contributed by atoms with van der Waals surface area (Å²) in [6.45, 7) is 2.13. The van der Waals surface area contributed by atoms with Crippen molar-refractivity contribution in [2.45, 2.75) is 13.5 Å². The van der Waals surface area contributed by atoms with E-state index in [1.54, 1.807) is 53.6 Å². The number of nitrogens with one attached hydrogen (secondary N) is 1. The second kappa shape index (κ2) is 8.43. The molecule has 0 saturated heterocycles. The van der Waals surface area contributed by atoms with Crippen molar-refractivity contribution in [1.82, 2.24) is 29.5 Å². The molecule has 5 rings (SSSR count). The summed E-state index contributed by atoms with van der Waals surface area (Å²) in [7, 11) is 0. The van der Waals surface area contributed by atoms with Crippen LogP contribution in [0.3, 0.4) is 0 Å². The van der Waals surface area contributed by atoms with Gasteiger partial charge in [-0.1, -0.05) is 0 Å². The van der Waals surface area contributed by atoms with E-state index in [9.17, 15) is 5.26 Å². The molecular formula is C24H17FN8. The molecule has 0 aliphatic rings. The second-order valence-electron chi connectivity index (χ2n) is 7.36. The molecule has 0 bridgehead atoms. The van der Waals surface area contributed by atoms with Crippen molar-refractivity contribution in [3.8, 4) is 28.6 Å². The second-order valence-corrected chi connectivity index (χ2v) is 7.36. The predicted molar refractivity (Wildman–Crippen MR) is 120 cm³/mol. The molecule has 0 saturated carbocycles. The van der Waals surface area contributed by atoms with Crippen LogP contribution in [0.15, 0.2) is 67.4 Å². The van der Waals surface area contributed by atoms with E-state index >= 15 is 4.39 Å². The summed E-state index contributed by atoms with van der Waals surface area (Å²) in [5.41, 5.74) is 4.84. The quantitative estimate of drug-likeness (QED) is 0.441. The summed E-state index contributed by atoms with van der Waals surface area (Å²) in [6, 6.07) is 12.6. The Morgan fingerprint density at radius 2 is 1.94 bits per heavy atom. The lowest BCUT2D eigenvalue weighted by Gasteiger charge is -2.11. The van der Waals surface area contributed by atoms with E-state index < -0.39 is 5.82 Å². The van der Waals surface area contributed by atoms with Crippen LogP contribution in [0, 0.1) is 24.1 Å². The van der Waals surface area contributed by atoms with Gasteiger partial charge in [-0.15, -0.1) is 0 Å². The van der Waals surface area contributed by atoms with Gasteiger partial charge < -0.3 is 5.32 Å². The first-order valence-corrected chi connectivity index (χ1v) is 10.1. The molecule has 9 heteroatoms. The van der Waals surface area contributed by atoms with Gasteiger partial charge in [0, 0.05) is 54.2 Å². The highest BCUT2D eigenvalue weighted by molar-refractivity contribution is 5.67. The van der Waals surface area contributed by atoms with Crippen LogP contribution in [0.4, 0.5) is 10.2 Å². The summed E-state index contributed by atoms with van der Waals surface area (Å²) < 4.78 is 16.8. The van der Waals surface area contributed by atoms with Crippen LogP contribution in [0.5, 0.6) is 0 Å². The van der Waals surface area contributed by atoms with Gasteiger partial charge in [0.15, 0.2) is 17.3 Å². The van der Waals surface area contributed by atoms with Gasteiger partial charge in [0.25, 0.3) is 0 Å². The normalized spacial score (nSPS) is 10.8. The number of fused-ring (bicyclic) bond motifs is 1. The maximum absolute atomic E-state index is 15.2. The Balaban J connectivity index is 1.39. The lowest BCUT2D eigenvalue weighted by molar-refractivity contribution is 0.627. The molecule has 33 heavy (non-hydrogen) atoms. The number of aryl methyl sites for hydroxylation is 1. The Morgan fingerprint density at radius 1 is 1.06 bits per heavy atom. The number of hydrogen-bond donors (Lipinski definition) is 1. The molecule has 0 aromatic carbocycles. The number of nitriles is 1. The predicted octanol–water partition coefficient (Wildman–Crippen LogP) is 4.18. The minimum absolute atomic E-state index is 0.0926. The van der Waals surface area contributed by atoms with Crippen molar-refractivity contribution in [2.24, 2.45) is 0 Å². The fourth-order valence-corrected chi connectivity index (χ4v) is 3.53. The van der Waals surface area contributed by atoms with E-state index in [0.717, 1.165) is 16.8 Å². The van der Waals surface area contributed by atoms with E-state index in [-0.39, 0.29) is 12.4 Å². The van der Waals surface area contributed by atoms with E-state index in [1.165, 1.54) is 6.20 Å².